The number of hydrogen-bond donors (Lipinski definition) is 2. The highest BCUT2D eigenvalue weighted by atomic mass is 19.1. The molecule has 2 aromatic carbocycles. The van der Waals surface area contributed by atoms with E-state index in [9.17, 15) is 9.50 Å². The molecule has 98 valence electrons. The fraction of sp³-hybridized carbons (Fsp3) is 0.250. The molecule has 3 rings (SSSR count). The van der Waals surface area contributed by atoms with Gasteiger partial charge in [-0.15, -0.1) is 0 Å². The van der Waals surface area contributed by atoms with Crippen LogP contribution in [0.5, 0.6) is 0 Å². The Labute approximate surface area is 111 Å². The number of rotatable bonds is 2. The van der Waals surface area contributed by atoms with Gasteiger partial charge < -0.3 is 10.8 Å². The fourth-order valence-corrected chi connectivity index (χ4v) is 2.98. The molecule has 0 aliphatic heterocycles. The lowest BCUT2D eigenvalue weighted by molar-refractivity contribution is 0.0783. The first-order valence-corrected chi connectivity index (χ1v) is 6.41. The molecule has 19 heavy (non-hydrogen) atoms. The van der Waals surface area contributed by atoms with Gasteiger partial charge in [0, 0.05) is 5.56 Å². The molecule has 0 heterocycles. The Kier molecular flexibility index (Phi) is 2.69. The molecule has 0 fully saturated rings. The Bertz CT molecular complexity index is 653. The number of benzene rings is 2. The molecular formula is C16H16FNO. The second-order valence-corrected chi connectivity index (χ2v) is 5.11. The zero-order chi connectivity index (χ0) is 13.6. The Balaban J connectivity index is 2.36. The average molecular weight is 257 g/mol. The van der Waals surface area contributed by atoms with E-state index in [1.54, 1.807) is 12.1 Å². The van der Waals surface area contributed by atoms with Gasteiger partial charge in [-0.05, 0) is 42.6 Å². The van der Waals surface area contributed by atoms with Gasteiger partial charge in [0.1, 0.15) is 11.4 Å². The molecule has 2 nitrogen and oxygen atoms in total. The summed E-state index contributed by atoms with van der Waals surface area (Å²) in [6, 6.07) is 10.6. The van der Waals surface area contributed by atoms with Gasteiger partial charge in [0.2, 0.25) is 0 Å². The molecule has 2 aromatic rings. The maximum Gasteiger partial charge on any atom is 0.131 e. The summed E-state index contributed by atoms with van der Waals surface area (Å²) >= 11 is 0. The van der Waals surface area contributed by atoms with Gasteiger partial charge in [-0.3, -0.25) is 0 Å². The normalized spacial score (nSPS) is 20.2. The fourth-order valence-electron chi connectivity index (χ4n) is 2.98. The van der Waals surface area contributed by atoms with Crippen LogP contribution in [0.3, 0.4) is 0 Å². The van der Waals surface area contributed by atoms with E-state index in [-0.39, 0.29) is 5.82 Å². The molecule has 0 radical (unpaired) electrons. The van der Waals surface area contributed by atoms with Gasteiger partial charge >= 0.3 is 0 Å². The highest BCUT2D eigenvalue weighted by molar-refractivity contribution is 5.80. The number of hydrogen-bond acceptors (Lipinski definition) is 2. The van der Waals surface area contributed by atoms with Crippen molar-refractivity contribution in [2.24, 2.45) is 5.73 Å². The lowest BCUT2D eigenvalue weighted by atomic mass is 9.87. The summed E-state index contributed by atoms with van der Waals surface area (Å²) in [5, 5.41) is 11.0. The van der Waals surface area contributed by atoms with Crippen molar-refractivity contribution in [3.63, 3.8) is 0 Å². The second-order valence-electron chi connectivity index (χ2n) is 5.11. The third kappa shape index (κ3) is 1.62. The highest BCUT2D eigenvalue weighted by Crippen LogP contribution is 2.50. The Hall–Kier alpha value is -1.71. The monoisotopic (exact) mass is 257 g/mol. The summed E-state index contributed by atoms with van der Waals surface area (Å²) < 4.78 is 14.1. The zero-order valence-electron chi connectivity index (χ0n) is 10.8. The predicted molar refractivity (Wildman–Crippen MR) is 73.2 cm³/mol. The molecule has 1 unspecified atom stereocenters. The van der Waals surface area contributed by atoms with Crippen LogP contribution in [0.2, 0.25) is 0 Å². The minimum atomic E-state index is -1.17. The van der Waals surface area contributed by atoms with Gasteiger partial charge in [-0.1, -0.05) is 35.9 Å². The van der Waals surface area contributed by atoms with E-state index in [1.165, 1.54) is 6.07 Å². The molecular weight excluding hydrogens is 241 g/mol. The van der Waals surface area contributed by atoms with Crippen molar-refractivity contribution in [1.29, 1.82) is 0 Å². The number of fused-ring (bicyclic) bond motifs is 3. The minimum Gasteiger partial charge on any atom is -0.380 e. The van der Waals surface area contributed by atoms with Gasteiger partial charge in [-0.2, -0.15) is 0 Å². The van der Waals surface area contributed by atoms with Crippen LogP contribution >= 0.6 is 0 Å². The van der Waals surface area contributed by atoms with E-state index in [4.69, 9.17) is 5.73 Å². The second kappa shape index (κ2) is 4.15. The largest absolute Gasteiger partial charge is 0.380 e. The molecule has 1 aliphatic rings. The predicted octanol–water partition coefficient (Wildman–Crippen LogP) is 2.70. The quantitative estimate of drug-likeness (QED) is 0.869. The Morgan fingerprint density at radius 1 is 1.21 bits per heavy atom. The van der Waals surface area contributed by atoms with E-state index in [2.05, 4.69) is 0 Å². The third-order valence-electron chi connectivity index (χ3n) is 3.86. The Morgan fingerprint density at radius 2 is 2.00 bits per heavy atom. The zero-order valence-corrected chi connectivity index (χ0v) is 10.8. The summed E-state index contributed by atoms with van der Waals surface area (Å²) in [6.45, 7) is 2.31. The van der Waals surface area contributed by atoms with Gasteiger partial charge in [-0.25, -0.2) is 4.39 Å². The van der Waals surface area contributed by atoms with Crippen molar-refractivity contribution in [1.82, 2.24) is 0 Å². The van der Waals surface area contributed by atoms with E-state index in [1.807, 2.05) is 25.1 Å². The number of halogens is 1. The maximum atomic E-state index is 14.1. The lowest BCUT2D eigenvalue weighted by Crippen LogP contribution is -2.28. The van der Waals surface area contributed by atoms with Crippen LogP contribution in [-0.2, 0) is 5.60 Å². The summed E-state index contributed by atoms with van der Waals surface area (Å²) in [5.74, 6) is -0.296. The molecule has 1 aliphatic carbocycles. The van der Waals surface area contributed by atoms with Crippen LogP contribution in [0.4, 0.5) is 4.39 Å². The molecule has 0 saturated carbocycles. The summed E-state index contributed by atoms with van der Waals surface area (Å²) in [7, 11) is 0. The first-order chi connectivity index (χ1) is 9.08. The molecule has 3 N–H and O–H groups in total. The lowest BCUT2D eigenvalue weighted by Gasteiger charge is -2.25. The first-order valence-electron chi connectivity index (χ1n) is 6.41. The van der Waals surface area contributed by atoms with Crippen molar-refractivity contribution in [2.45, 2.75) is 18.9 Å². The molecule has 3 heteroatoms. The summed E-state index contributed by atoms with van der Waals surface area (Å²) in [5.41, 5.74) is 8.17. The average Bonchev–Trinajstić information content (AvgIpc) is 2.62. The van der Waals surface area contributed by atoms with Gasteiger partial charge in [0.05, 0.1) is 0 Å². The van der Waals surface area contributed by atoms with Crippen molar-refractivity contribution in [2.75, 3.05) is 6.54 Å². The topological polar surface area (TPSA) is 46.2 Å². The van der Waals surface area contributed by atoms with E-state index in [0.29, 0.717) is 24.1 Å². The minimum absolute atomic E-state index is 0.296. The van der Waals surface area contributed by atoms with Crippen LogP contribution in [0, 0.1) is 12.7 Å². The first kappa shape index (κ1) is 12.3. The molecule has 0 amide bonds. The smallest absolute Gasteiger partial charge is 0.131 e. The molecule has 0 saturated heterocycles. The summed E-state index contributed by atoms with van der Waals surface area (Å²) in [4.78, 5) is 0. The van der Waals surface area contributed by atoms with Crippen molar-refractivity contribution in [3.8, 4) is 11.1 Å². The number of aliphatic hydroxyl groups is 1. The van der Waals surface area contributed by atoms with Crippen LogP contribution < -0.4 is 5.73 Å². The SMILES string of the molecule is Cc1ccc2c(c1)C(O)(CCN)c1cccc(F)c1-2. The van der Waals surface area contributed by atoms with Crippen molar-refractivity contribution in [3.05, 3.63) is 58.9 Å². The van der Waals surface area contributed by atoms with Crippen LogP contribution in [0.15, 0.2) is 36.4 Å². The highest BCUT2D eigenvalue weighted by Gasteiger charge is 2.42. The molecule has 0 bridgehead atoms. The standard InChI is InChI=1S/C16H16FNO/c1-10-5-6-11-13(9-10)16(19,7-8-18)12-3-2-4-14(17)15(11)12/h2-6,9,19H,7-8,18H2,1H3. The summed E-state index contributed by atoms with van der Waals surface area (Å²) in [6.07, 6.45) is 0.389. The van der Waals surface area contributed by atoms with Gasteiger partial charge in [0.15, 0.2) is 0 Å². The molecule has 0 aromatic heterocycles. The van der Waals surface area contributed by atoms with Crippen molar-refractivity contribution < 1.29 is 9.50 Å². The van der Waals surface area contributed by atoms with E-state index >= 15 is 0 Å². The van der Waals surface area contributed by atoms with Crippen LogP contribution in [-0.4, -0.2) is 11.7 Å². The third-order valence-corrected chi connectivity index (χ3v) is 3.86. The Morgan fingerprint density at radius 3 is 2.74 bits per heavy atom. The van der Waals surface area contributed by atoms with Crippen molar-refractivity contribution >= 4 is 0 Å². The van der Waals surface area contributed by atoms with E-state index in [0.717, 1.165) is 16.7 Å². The van der Waals surface area contributed by atoms with Crippen LogP contribution in [0.25, 0.3) is 11.1 Å². The number of aryl methyl sites for hydroxylation is 1. The molecule has 1 atom stereocenters. The maximum absolute atomic E-state index is 14.1. The van der Waals surface area contributed by atoms with Crippen LogP contribution in [0.1, 0.15) is 23.1 Å². The number of nitrogens with two attached hydrogens (primary N) is 1. The van der Waals surface area contributed by atoms with E-state index < -0.39 is 5.60 Å². The molecule has 0 spiro atoms. The van der Waals surface area contributed by atoms with Gasteiger partial charge in [0.25, 0.3) is 0 Å².